The summed E-state index contributed by atoms with van der Waals surface area (Å²) in [6.07, 6.45) is 3.04. The van der Waals surface area contributed by atoms with Crippen molar-refractivity contribution >= 4 is 11.4 Å². The van der Waals surface area contributed by atoms with E-state index in [1.165, 1.54) is 23.2 Å². The molecule has 0 bridgehead atoms. The summed E-state index contributed by atoms with van der Waals surface area (Å²) in [5, 5.41) is 15.3. The van der Waals surface area contributed by atoms with E-state index in [-0.39, 0.29) is 5.69 Å². The Kier molecular flexibility index (Phi) is 2.72. The fourth-order valence-corrected chi connectivity index (χ4v) is 1.93. The van der Waals surface area contributed by atoms with Gasteiger partial charge in [0.2, 0.25) is 0 Å². The number of hydrogen-bond donors (Lipinski definition) is 1. The van der Waals surface area contributed by atoms with Gasteiger partial charge in [0.1, 0.15) is 5.69 Å². The Labute approximate surface area is 113 Å². The molecule has 2 heterocycles. The van der Waals surface area contributed by atoms with E-state index in [0.29, 0.717) is 22.8 Å². The molecule has 0 aliphatic rings. The number of nitrogen functional groups attached to an aromatic ring is 1. The summed E-state index contributed by atoms with van der Waals surface area (Å²) in [5.41, 5.74) is 7.03. The van der Waals surface area contributed by atoms with Crippen molar-refractivity contribution in [2.45, 2.75) is 0 Å². The minimum Gasteiger partial charge on any atom is -0.463 e. The first-order valence-corrected chi connectivity index (χ1v) is 5.79. The highest BCUT2D eigenvalue weighted by atomic mass is 16.6. The highest BCUT2D eigenvalue weighted by molar-refractivity contribution is 5.69. The van der Waals surface area contributed by atoms with Crippen LogP contribution in [0.15, 0.2) is 53.3 Å². The molecule has 0 atom stereocenters. The summed E-state index contributed by atoms with van der Waals surface area (Å²) >= 11 is 0. The minimum atomic E-state index is -0.459. The zero-order valence-corrected chi connectivity index (χ0v) is 10.3. The number of rotatable bonds is 3. The number of furan rings is 1. The number of anilines is 1. The first kappa shape index (κ1) is 12.0. The number of para-hydroxylation sites is 2. The molecule has 0 spiro atoms. The van der Waals surface area contributed by atoms with Crippen LogP contribution >= 0.6 is 0 Å². The smallest absolute Gasteiger partial charge is 0.294 e. The lowest BCUT2D eigenvalue weighted by Crippen LogP contribution is -2.00. The lowest BCUT2D eigenvalue weighted by molar-refractivity contribution is -0.384. The lowest BCUT2D eigenvalue weighted by atomic mass is 10.3. The van der Waals surface area contributed by atoms with Crippen molar-refractivity contribution in [1.29, 1.82) is 0 Å². The SMILES string of the molecule is Nc1cn(-c2ccccc2[N+](=O)[O-])nc1-c1ccco1. The van der Waals surface area contributed by atoms with Gasteiger partial charge in [-0.25, -0.2) is 4.68 Å². The Balaban J connectivity index is 2.13. The molecule has 20 heavy (non-hydrogen) atoms. The monoisotopic (exact) mass is 270 g/mol. The maximum absolute atomic E-state index is 11.0. The molecule has 2 aromatic heterocycles. The normalized spacial score (nSPS) is 10.6. The van der Waals surface area contributed by atoms with E-state index in [1.807, 2.05) is 0 Å². The largest absolute Gasteiger partial charge is 0.463 e. The highest BCUT2D eigenvalue weighted by Crippen LogP contribution is 2.28. The Hall–Kier alpha value is -3.09. The summed E-state index contributed by atoms with van der Waals surface area (Å²) in [4.78, 5) is 10.6. The summed E-state index contributed by atoms with van der Waals surface area (Å²) in [6.45, 7) is 0. The van der Waals surface area contributed by atoms with Crippen molar-refractivity contribution < 1.29 is 9.34 Å². The summed E-state index contributed by atoms with van der Waals surface area (Å²) < 4.78 is 6.62. The van der Waals surface area contributed by atoms with Crippen LogP contribution in [0.25, 0.3) is 17.1 Å². The maximum atomic E-state index is 11.0. The number of benzene rings is 1. The molecular weight excluding hydrogens is 260 g/mol. The van der Waals surface area contributed by atoms with E-state index < -0.39 is 4.92 Å². The third-order valence-corrected chi connectivity index (χ3v) is 2.82. The van der Waals surface area contributed by atoms with Crippen LogP contribution < -0.4 is 5.73 Å². The molecule has 0 amide bonds. The number of nitrogens with zero attached hydrogens (tertiary/aromatic N) is 3. The van der Waals surface area contributed by atoms with E-state index in [4.69, 9.17) is 10.2 Å². The first-order chi connectivity index (χ1) is 9.66. The summed E-state index contributed by atoms with van der Waals surface area (Å²) in [6, 6.07) is 9.77. The van der Waals surface area contributed by atoms with Gasteiger partial charge in [-0.1, -0.05) is 12.1 Å². The maximum Gasteiger partial charge on any atom is 0.294 e. The van der Waals surface area contributed by atoms with E-state index in [9.17, 15) is 10.1 Å². The minimum absolute atomic E-state index is 0.0407. The standard InChI is InChI=1S/C13H10N4O3/c14-9-8-16(15-13(9)12-6-3-7-20-12)10-4-1-2-5-11(10)17(18)19/h1-8H,14H2. The van der Waals surface area contributed by atoms with Crippen molar-refractivity contribution in [1.82, 2.24) is 9.78 Å². The molecule has 0 aliphatic heterocycles. The van der Waals surface area contributed by atoms with Crippen LogP contribution in [0.3, 0.4) is 0 Å². The van der Waals surface area contributed by atoms with Gasteiger partial charge in [0.25, 0.3) is 5.69 Å². The molecule has 0 fully saturated rings. The second kappa shape index (κ2) is 4.54. The number of hydrogen-bond acceptors (Lipinski definition) is 5. The van der Waals surface area contributed by atoms with Gasteiger partial charge in [-0.05, 0) is 18.2 Å². The van der Waals surface area contributed by atoms with Gasteiger partial charge in [0.15, 0.2) is 11.5 Å². The Morgan fingerprint density at radius 1 is 1.25 bits per heavy atom. The quantitative estimate of drug-likeness (QED) is 0.582. The molecule has 0 radical (unpaired) electrons. The van der Waals surface area contributed by atoms with Crippen molar-refractivity contribution in [3.63, 3.8) is 0 Å². The molecule has 0 saturated carbocycles. The predicted molar refractivity (Wildman–Crippen MR) is 72.3 cm³/mol. The van der Waals surface area contributed by atoms with Crippen LogP contribution in [-0.4, -0.2) is 14.7 Å². The van der Waals surface area contributed by atoms with Gasteiger partial charge in [-0.2, -0.15) is 5.10 Å². The van der Waals surface area contributed by atoms with Gasteiger partial charge < -0.3 is 10.2 Å². The van der Waals surface area contributed by atoms with Gasteiger partial charge >= 0.3 is 0 Å². The number of nitrogens with two attached hydrogens (primary N) is 1. The molecule has 3 rings (SSSR count). The second-order valence-electron chi connectivity index (χ2n) is 4.10. The number of nitro benzene ring substituents is 1. The fraction of sp³-hybridized carbons (Fsp3) is 0. The average Bonchev–Trinajstić information content (AvgIpc) is 3.07. The van der Waals surface area contributed by atoms with Crippen molar-refractivity contribution in [3.05, 3.63) is 59.0 Å². The number of aromatic nitrogens is 2. The van der Waals surface area contributed by atoms with E-state index in [2.05, 4.69) is 5.10 Å². The third kappa shape index (κ3) is 1.91. The molecule has 3 aromatic rings. The van der Waals surface area contributed by atoms with Gasteiger partial charge in [0.05, 0.1) is 23.1 Å². The van der Waals surface area contributed by atoms with Crippen LogP contribution in [0.2, 0.25) is 0 Å². The van der Waals surface area contributed by atoms with Gasteiger partial charge in [-0.15, -0.1) is 0 Å². The van der Waals surface area contributed by atoms with E-state index in [0.717, 1.165) is 0 Å². The lowest BCUT2D eigenvalue weighted by Gasteiger charge is -2.01. The topological polar surface area (TPSA) is 100 Å². The Morgan fingerprint density at radius 3 is 2.75 bits per heavy atom. The first-order valence-electron chi connectivity index (χ1n) is 5.79. The Bertz CT molecular complexity index is 762. The zero-order chi connectivity index (χ0) is 14.1. The molecule has 7 heteroatoms. The number of nitro groups is 1. The molecule has 2 N–H and O–H groups in total. The van der Waals surface area contributed by atoms with Crippen LogP contribution in [0.5, 0.6) is 0 Å². The third-order valence-electron chi connectivity index (χ3n) is 2.82. The van der Waals surface area contributed by atoms with E-state index >= 15 is 0 Å². The molecule has 7 nitrogen and oxygen atoms in total. The molecular formula is C13H10N4O3. The zero-order valence-electron chi connectivity index (χ0n) is 10.3. The summed E-state index contributed by atoms with van der Waals surface area (Å²) in [7, 11) is 0. The molecule has 100 valence electrons. The summed E-state index contributed by atoms with van der Waals surface area (Å²) in [5.74, 6) is 0.514. The van der Waals surface area contributed by atoms with Crippen LogP contribution in [0, 0.1) is 10.1 Å². The molecule has 1 aromatic carbocycles. The van der Waals surface area contributed by atoms with Gasteiger partial charge in [0, 0.05) is 6.07 Å². The van der Waals surface area contributed by atoms with Gasteiger partial charge in [-0.3, -0.25) is 10.1 Å². The van der Waals surface area contributed by atoms with Crippen LogP contribution in [-0.2, 0) is 0 Å². The highest BCUT2D eigenvalue weighted by Gasteiger charge is 2.18. The molecule has 0 saturated heterocycles. The van der Waals surface area contributed by atoms with Crippen molar-refractivity contribution in [2.75, 3.05) is 5.73 Å². The van der Waals surface area contributed by atoms with Crippen LogP contribution in [0.4, 0.5) is 11.4 Å². The molecule has 0 unspecified atom stereocenters. The van der Waals surface area contributed by atoms with Crippen molar-refractivity contribution in [2.24, 2.45) is 0 Å². The fourth-order valence-electron chi connectivity index (χ4n) is 1.93. The van der Waals surface area contributed by atoms with Crippen LogP contribution in [0.1, 0.15) is 0 Å². The molecule has 0 aliphatic carbocycles. The van der Waals surface area contributed by atoms with Crippen molar-refractivity contribution in [3.8, 4) is 17.1 Å². The average molecular weight is 270 g/mol. The predicted octanol–water partition coefficient (Wildman–Crippen LogP) is 2.62. The second-order valence-corrected chi connectivity index (χ2v) is 4.10. The van der Waals surface area contributed by atoms with E-state index in [1.54, 1.807) is 30.3 Å². The Morgan fingerprint density at radius 2 is 2.05 bits per heavy atom.